The van der Waals surface area contributed by atoms with Gasteiger partial charge >= 0.3 is 12.5 Å². The van der Waals surface area contributed by atoms with E-state index in [0.717, 1.165) is 17.7 Å². The van der Waals surface area contributed by atoms with E-state index >= 15 is 0 Å². The molecule has 0 saturated heterocycles. The largest absolute Gasteiger partial charge is 0.573 e. The van der Waals surface area contributed by atoms with Crippen LogP contribution in [0.2, 0.25) is 0 Å². The third kappa shape index (κ3) is 5.12. The molecule has 0 radical (unpaired) electrons. The maximum atomic E-state index is 12.5. The zero-order valence-corrected chi connectivity index (χ0v) is 14.6. The van der Waals surface area contributed by atoms with E-state index in [2.05, 4.69) is 4.74 Å². The lowest BCUT2D eigenvalue weighted by Crippen LogP contribution is -2.34. The van der Waals surface area contributed by atoms with Crippen molar-refractivity contribution in [1.29, 1.82) is 0 Å². The fraction of sp³-hybridized carbons (Fsp3) is 0.200. The third-order valence-electron chi connectivity index (χ3n) is 4.07. The lowest BCUT2D eigenvalue weighted by atomic mass is 9.97. The quantitative estimate of drug-likeness (QED) is 0.755. The van der Waals surface area contributed by atoms with E-state index in [9.17, 15) is 22.8 Å². The predicted octanol–water partition coefficient (Wildman–Crippen LogP) is 4.75. The topological polar surface area (TPSA) is 55.8 Å². The van der Waals surface area contributed by atoms with Crippen molar-refractivity contribution >= 4 is 11.9 Å². The van der Waals surface area contributed by atoms with Gasteiger partial charge in [-0.05, 0) is 29.3 Å². The van der Waals surface area contributed by atoms with Crippen molar-refractivity contribution in [2.75, 3.05) is 0 Å². The van der Waals surface area contributed by atoms with Crippen LogP contribution < -0.4 is 4.74 Å². The number of hydrogen-bond donors (Lipinski definition) is 0. The van der Waals surface area contributed by atoms with Crippen LogP contribution in [-0.2, 0) is 16.1 Å². The van der Waals surface area contributed by atoms with Gasteiger partial charge in [0.05, 0.1) is 6.04 Å². The summed E-state index contributed by atoms with van der Waals surface area (Å²) in [5.74, 6) is -0.583. The standard InChI is InChI=1S/C20H16F3NO4/c21-20(22,23)28-17-8-6-15(7-9-17)18-12-16(25)10-11-24(18)19(26)27-13-14-4-2-1-3-5-14/h1-11,18H,12-13H2. The summed E-state index contributed by atoms with van der Waals surface area (Å²) < 4.78 is 46.0. The third-order valence-corrected chi connectivity index (χ3v) is 4.07. The average Bonchev–Trinajstić information content (AvgIpc) is 2.66. The Hall–Kier alpha value is -3.29. The molecule has 2 aromatic carbocycles. The van der Waals surface area contributed by atoms with E-state index in [4.69, 9.17) is 4.74 Å². The van der Waals surface area contributed by atoms with E-state index in [1.807, 2.05) is 18.2 Å². The van der Waals surface area contributed by atoms with Gasteiger partial charge in [-0.3, -0.25) is 9.69 Å². The molecular weight excluding hydrogens is 375 g/mol. The first-order chi connectivity index (χ1) is 13.3. The van der Waals surface area contributed by atoms with Gasteiger partial charge in [-0.15, -0.1) is 13.2 Å². The van der Waals surface area contributed by atoms with Crippen molar-refractivity contribution in [1.82, 2.24) is 4.90 Å². The minimum atomic E-state index is -4.79. The summed E-state index contributed by atoms with van der Waals surface area (Å²) in [5.41, 5.74) is 1.29. The maximum absolute atomic E-state index is 12.5. The number of ether oxygens (including phenoxy) is 2. The Balaban J connectivity index is 1.73. The second kappa shape index (κ2) is 8.16. The molecule has 28 heavy (non-hydrogen) atoms. The first-order valence-electron chi connectivity index (χ1n) is 8.37. The van der Waals surface area contributed by atoms with Crippen LogP contribution in [0.5, 0.6) is 5.75 Å². The summed E-state index contributed by atoms with van der Waals surface area (Å²) in [5, 5.41) is 0. The smallest absolute Gasteiger partial charge is 0.444 e. The van der Waals surface area contributed by atoms with Gasteiger partial charge in [0, 0.05) is 12.6 Å². The zero-order chi connectivity index (χ0) is 20.1. The first-order valence-corrected chi connectivity index (χ1v) is 8.37. The highest BCUT2D eigenvalue weighted by Crippen LogP contribution is 2.31. The normalized spacial score (nSPS) is 16.8. The molecule has 0 N–H and O–H groups in total. The highest BCUT2D eigenvalue weighted by molar-refractivity contribution is 5.92. The lowest BCUT2D eigenvalue weighted by Gasteiger charge is -2.30. The molecule has 2 aromatic rings. The minimum absolute atomic E-state index is 0.00356. The number of amides is 1. The molecule has 1 aliphatic rings. The van der Waals surface area contributed by atoms with Gasteiger partial charge in [-0.2, -0.15) is 0 Å². The summed E-state index contributed by atoms with van der Waals surface area (Å²) in [6, 6.07) is 13.4. The van der Waals surface area contributed by atoms with E-state index in [1.54, 1.807) is 12.1 Å². The zero-order valence-electron chi connectivity index (χ0n) is 14.6. The van der Waals surface area contributed by atoms with Gasteiger partial charge in [0.1, 0.15) is 12.4 Å². The molecule has 1 unspecified atom stereocenters. The van der Waals surface area contributed by atoms with Gasteiger partial charge in [0.25, 0.3) is 0 Å². The van der Waals surface area contributed by atoms with Crippen LogP contribution in [-0.4, -0.2) is 23.1 Å². The Morgan fingerprint density at radius 1 is 1.07 bits per heavy atom. The van der Waals surface area contributed by atoms with Gasteiger partial charge in [0.2, 0.25) is 0 Å². The fourth-order valence-electron chi connectivity index (χ4n) is 2.78. The Kier molecular flexibility index (Phi) is 5.67. The number of hydrogen-bond acceptors (Lipinski definition) is 4. The SMILES string of the molecule is O=C1C=CN(C(=O)OCc2ccccc2)C(c2ccc(OC(F)(F)F)cc2)C1. The van der Waals surface area contributed by atoms with Crippen molar-refractivity contribution in [3.05, 3.63) is 78.0 Å². The van der Waals surface area contributed by atoms with Crippen molar-refractivity contribution in [3.63, 3.8) is 0 Å². The first kappa shape index (κ1) is 19.5. The number of carbonyl (C=O) groups excluding carboxylic acids is 2. The van der Waals surface area contributed by atoms with Crippen molar-refractivity contribution in [2.24, 2.45) is 0 Å². The number of alkyl halides is 3. The number of nitrogens with zero attached hydrogens (tertiary/aromatic N) is 1. The van der Waals surface area contributed by atoms with E-state index in [1.165, 1.54) is 29.3 Å². The number of benzene rings is 2. The summed E-state index contributed by atoms with van der Waals surface area (Å²) in [7, 11) is 0. The molecule has 0 bridgehead atoms. The highest BCUT2D eigenvalue weighted by atomic mass is 19.4. The summed E-state index contributed by atoms with van der Waals surface area (Å²) >= 11 is 0. The lowest BCUT2D eigenvalue weighted by molar-refractivity contribution is -0.274. The van der Waals surface area contributed by atoms with Crippen LogP contribution in [0.15, 0.2) is 66.9 Å². The second-order valence-corrected chi connectivity index (χ2v) is 6.07. The summed E-state index contributed by atoms with van der Waals surface area (Å²) in [6.45, 7) is 0.0586. The number of rotatable bonds is 4. The number of allylic oxidation sites excluding steroid dienone is 1. The van der Waals surface area contributed by atoms with Crippen molar-refractivity contribution < 1.29 is 32.2 Å². The van der Waals surface area contributed by atoms with Crippen LogP contribution in [0.1, 0.15) is 23.6 Å². The Morgan fingerprint density at radius 3 is 2.39 bits per heavy atom. The van der Waals surface area contributed by atoms with E-state index in [-0.39, 0.29) is 24.6 Å². The molecule has 0 fully saturated rings. The van der Waals surface area contributed by atoms with Crippen LogP contribution in [0.25, 0.3) is 0 Å². The van der Waals surface area contributed by atoms with Crippen molar-refractivity contribution in [2.45, 2.75) is 25.4 Å². The monoisotopic (exact) mass is 391 g/mol. The minimum Gasteiger partial charge on any atom is -0.444 e. The molecule has 0 spiro atoms. The summed E-state index contributed by atoms with van der Waals surface area (Å²) in [6.07, 6.45) is -2.87. The van der Waals surface area contributed by atoms with E-state index in [0.29, 0.717) is 5.56 Å². The van der Waals surface area contributed by atoms with Crippen molar-refractivity contribution in [3.8, 4) is 5.75 Å². The summed E-state index contributed by atoms with van der Waals surface area (Å²) in [4.78, 5) is 25.5. The number of halogens is 3. The van der Waals surface area contributed by atoms with E-state index < -0.39 is 18.5 Å². The molecule has 8 heteroatoms. The Morgan fingerprint density at radius 2 is 1.75 bits per heavy atom. The predicted molar refractivity (Wildman–Crippen MR) is 93.1 cm³/mol. The molecule has 0 aliphatic carbocycles. The molecule has 5 nitrogen and oxygen atoms in total. The van der Waals surface area contributed by atoms with Crippen LogP contribution in [0.3, 0.4) is 0 Å². The Labute approximate surface area is 159 Å². The molecule has 1 atom stereocenters. The molecule has 3 rings (SSSR count). The molecule has 1 amide bonds. The van der Waals surface area contributed by atoms with Gasteiger partial charge in [-0.1, -0.05) is 42.5 Å². The van der Waals surface area contributed by atoms with Crippen LogP contribution >= 0.6 is 0 Å². The number of carbonyl (C=O) groups is 2. The molecular formula is C20H16F3NO4. The maximum Gasteiger partial charge on any atom is 0.573 e. The average molecular weight is 391 g/mol. The highest BCUT2D eigenvalue weighted by Gasteiger charge is 2.32. The molecule has 1 aliphatic heterocycles. The fourth-order valence-corrected chi connectivity index (χ4v) is 2.78. The van der Waals surface area contributed by atoms with Crippen LogP contribution in [0, 0.1) is 0 Å². The molecule has 0 aromatic heterocycles. The molecule has 1 heterocycles. The van der Waals surface area contributed by atoms with Gasteiger partial charge in [-0.25, -0.2) is 4.79 Å². The molecule has 0 saturated carbocycles. The van der Waals surface area contributed by atoms with Gasteiger partial charge in [0.15, 0.2) is 5.78 Å². The van der Waals surface area contributed by atoms with Crippen LogP contribution in [0.4, 0.5) is 18.0 Å². The molecule has 146 valence electrons. The number of ketones is 1. The second-order valence-electron chi connectivity index (χ2n) is 6.07. The van der Waals surface area contributed by atoms with Gasteiger partial charge < -0.3 is 9.47 Å². The Bertz CT molecular complexity index is 863.